The summed E-state index contributed by atoms with van der Waals surface area (Å²) < 4.78 is 5.55. The van der Waals surface area contributed by atoms with Crippen molar-refractivity contribution in [3.8, 4) is 5.75 Å². The molecule has 2 aromatic rings. The minimum Gasteiger partial charge on any atom is -0.473 e. The lowest BCUT2D eigenvalue weighted by molar-refractivity contribution is 0.234. The highest BCUT2D eigenvalue weighted by Gasteiger charge is 2.05. The van der Waals surface area contributed by atoms with Crippen molar-refractivity contribution in [1.82, 2.24) is 5.32 Å². The number of aryl methyl sites for hydroxylation is 1. The number of carbonyl (C=O) groups excluding carboxylic acids is 1. The standard InChI is InChI=1S/C16H16Cl2N2O2/c1-10-4-3-5-15(11(10)2)22-9-19-16(21)20-12-6-7-13(17)14(18)8-12/h3-8H,9H2,1-2H3,(H2,19,20,21). The molecule has 0 aliphatic heterocycles. The highest BCUT2D eigenvalue weighted by molar-refractivity contribution is 6.42. The van der Waals surface area contributed by atoms with Crippen LogP contribution in [0.5, 0.6) is 5.75 Å². The van der Waals surface area contributed by atoms with Gasteiger partial charge in [-0.15, -0.1) is 0 Å². The molecule has 0 spiro atoms. The molecule has 0 unspecified atom stereocenters. The number of benzene rings is 2. The Morgan fingerprint density at radius 3 is 2.64 bits per heavy atom. The monoisotopic (exact) mass is 338 g/mol. The zero-order valence-corrected chi connectivity index (χ0v) is 13.8. The van der Waals surface area contributed by atoms with E-state index in [1.165, 1.54) is 0 Å². The molecule has 2 amide bonds. The topological polar surface area (TPSA) is 50.4 Å². The van der Waals surface area contributed by atoms with Gasteiger partial charge in [-0.3, -0.25) is 0 Å². The maximum absolute atomic E-state index is 11.8. The Balaban J connectivity index is 1.85. The zero-order chi connectivity index (χ0) is 16.1. The molecule has 0 saturated heterocycles. The minimum atomic E-state index is -0.385. The van der Waals surface area contributed by atoms with E-state index in [2.05, 4.69) is 10.6 Å². The molecule has 4 nitrogen and oxygen atoms in total. The van der Waals surface area contributed by atoms with Gasteiger partial charge in [-0.1, -0.05) is 35.3 Å². The van der Waals surface area contributed by atoms with Crippen molar-refractivity contribution in [2.24, 2.45) is 0 Å². The minimum absolute atomic E-state index is 0.0669. The number of anilines is 1. The first kappa shape index (κ1) is 16.5. The van der Waals surface area contributed by atoms with Crippen molar-refractivity contribution < 1.29 is 9.53 Å². The van der Waals surface area contributed by atoms with Gasteiger partial charge < -0.3 is 15.4 Å². The molecule has 0 aliphatic rings. The van der Waals surface area contributed by atoms with Crippen molar-refractivity contribution in [2.75, 3.05) is 12.0 Å². The number of nitrogens with one attached hydrogen (secondary N) is 2. The first-order chi connectivity index (χ1) is 10.5. The first-order valence-corrected chi connectivity index (χ1v) is 7.42. The van der Waals surface area contributed by atoms with Gasteiger partial charge in [-0.25, -0.2) is 4.79 Å². The summed E-state index contributed by atoms with van der Waals surface area (Å²) in [6, 6.07) is 10.3. The summed E-state index contributed by atoms with van der Waals surface area (Å²) in [5.74, 6) is 0.745. The molecule has 2 N–H and O–H groups in total. The van der Waals surface area contributed by atoms with E-state index in [4.69, 9.17) is 27.9 Å². The molecule has 0 atom stereocenters. The fourth-order valence-electron chi connectivity index (χ4n) is 1.81. The van der Waals surface area contributed by atoms with Gasteiger partial charge in [0.15, 0.2) is 6.73 Å². The maximum Gasteiger partial charge on any atom is 0.321 e. The fraction of sp³-hybridized carbons (Fsp3) is 0.188. The second-order valence-corrected chi connectivity index (χ2v) is 5.56. The number of hydrogen-bond donors (Lipinski definition) is 2. The molecular weight excluding hydrogens is 323 g/mol. The van der Waals surface area contributed by atoms with E-state index in [0.717, 1.165) is 16.9 Å². The van der Waals surface area contributed by atoms with Gasteiger partial charge in [0, 0.05) is 5.69 Å². The third kappa shape index (κ3) is 4.29. The molecular formula is C16H16Cl2N2O2. The first-order valence-electron chi connectivity index (χ1n) is 6.66. The van der Waals surface area contributed by atoms with E-state index >= 15 is 0 Å². The van der Waals surface area contributed by atoms with Crippen LogP contribution in [0.1, 0.15) is 11.1 Å². The van der Waals surface area contributed by atoms with Crippen molar-refractivity contribution in [3.63, 3.8) is 0 Å². The molecule has 0 aliphatic carbocycles. The van der Waals surface area contributed by atoms with Gasteiger partial charge in [0.2, 0.25) is 0 Å². The Bertz CT molecular complexity index is 690. The van der Waals surface area contributed by atoms with Gasteiger partial charge in [-0.2, -0.15) is 0 Å². The number of amides is 2. The molecule has 2 aromatic carbocycles. The van der Waals surface area contributed by atoms with Crippen molar-refractivity contribution >= 4 is 34.9 Å². The Morgan fingerprint density at radius 1 is 1.14 bits per heavy atom. The van der Waals surface area contributed by atoms with Gasteiger partial charge in [-0.05, 0) is 49.2 Å². The normalized spacial score (nSPS) is 10.2. The third-order valence-electron chi connectivity index (χ3n) is 3.19. The van der Waals surface area contributed by atoms with E-state index in [1.54, 1.807) is 18.2 Å². The average Bonchev–Trinajstić information content (AvgIpc) is 2.47. The molecule has 0 bridgehead atoms. The molecule has 0 radical (unpaired) electrons. The number of carbonyl (C=O) groups is 1. The fourth-order valence-corrected chi connectivity index (χ4v) is 2.11. The number of halogens is 2. The Labute approximate surface area is 139 Å². The molecule has 0 saturated carbocycles. The van der Waals surface area contributed by atoms with Crippen LogP contribution in [0.4, 0.5) is 10.5 Å². The van der Waals surface area contributed by atoms with Gasteiger partial charge in [0.1, 0.15) is 5.75 Å². The van der Waals surface area contributed by atoms with E-state index in [0.29, 0.717) is 15.7 Å². The Hall–Kier alpha value is -1.91. The lowest BCUT2D eigenvalue weighted by atomic mass is 10.1. The summed E-state index contributed by atoms with van der Waals surface area (Å²) in [7, 11) is 0. The average molecular weight is 339 g/mol. The number of hydrogen-bond acceptors (Lipinski definition) is 2. The summed E-state index contributed by atoms with van der Waals surface area (Å²) in [6.07, 6.45) is 0. The number of urea groups is 1. The predicted octanol–water partition coefficient (Wildman–Crippen LogP) is 4.77. The lowest BCUT2D eigenvalue weighted by Crippen LogP contribution is -2.32. The third-order valence-corrected chi connectivity index (χ3v) is 3.93. The highest BCUT2D eigenvalue weighted by Crippen LogP contribution is 2.25. The molecule has 116 valence electrons. The van der Waals surface area contributed by atoms with E-state index in [9.17, 15) is 4.79 Å². The van der Waals surface area contributed by atoms with Crippen molar-refractivity contribution in [2.45, 2.75) is 13.8 Å². The zero-order valence-electron chi connectivity index (χ0n) is 12.2. The number of rotatable bonds is 4. The van der Waals surface area contributed by atoms with E-state index in [-0.39, 0.29) is 12.8 Å². The van der Waals surface area contributed by atoms with Crippen molar-refractivity contribution in [1.29, 1.82) is 0 Å². The Kier molecular flexibility index (Phi) is 5.52. The molecule has 2 rings (SSSR count). The summed E-state index contributed by atoms with van der Waals surface area (Å²) in [5.41, 5.74) is 2.74. The summed E-state index contributed by atoms with van der Waals surface area (Å²) in [6.45, 7) is 4.05. The molecule has 0 aromatic heterocycles. The van der Waals surface area contributed by atoms with Gasteiger partial charge in [0.25, 0.3) is 0 Å². The van der Waals surface area contributed by atoms with Crippen LogP contribution in [-0.4, -0.2) is 12.8 Å². The maximum atomic E-state index is 11.8. The molecule has 0 heterocycles. The highest BCUT2D eigenvalue weighted by atomic mass is 35.5. The number of ether oxygens (including phenoxy) is 1. The van der Waals surface area contributed by atoms with Crippen LogP contribution in [0.3, 0.4) is 0 Å². The smallest absolute Gasteiger partial charge is 0.321 e. The summed E-state index contributed by atoms with van der Waals surface area (Å²) >= 11 is 11.7. The van der Waals surface area contributed by atoms with Gasteiger partial charge >= 0.3 is 6.03 Å². The van der Waals surface area contributed by atoms with Crippen LogP contribution in [0.2, 0.25) is 10.0 Å². The quantitative estimate of drug-likeness (QED) is 0.789. The van der Waals surface area contributed by atoms with Crippen molar-refractivity contribution in [3.05, 3.63) is 57.6 Å². The van der Waals surface area contributed by atoms with Crippen LogP contribution in [-0.2, 0) is 0 Å². The van der Waals surface area contributed by atoms with Crippen LogP contribution in [0, 0.1) is 13.8 Å². The van der Waals surface area contributed by atoms with E-state index in [1.807, 2.05) is 32.0 Å². The largest absolute Gasteiger partial charge is 0.473 e. The van der Waals surface area contributed by atoms with Crippen LogP contribution < -0.4 is 15.4 Å². The summed E-state index contributed by atoms with van der Waals surface area (Å²) in [4.78, 5) is 11.8. The lowest BCUT2D eigenvalue weighted by Gasteiger charge is -2.12. The second-order valence-electron chi connectivity index (χ2n) is 4.75. The SMILES string of the molecule is Cc1cccc(OCNC(=O)Nc2ccc(Cl)c(Cl)c2)c1C. The van der Waals surface area contributed by atoms with Crippen LogP contribution in [0.15, 0.2) is 36.4 Å². The molecule has 0 fully saturated rings. The second kappa shape index (κ2) is 7.38. The van der Waals surface area contributed by atoms with Crippen LogP contribution in [0.25, 0.3) is 0 Å². The van der Waals surface area contributed by atoms with Gasteiger partial charge in [0.05, 0.1) is 10.0 Å². The predicted molar refractivity (Wildman–Crippen MR) is 90.0 cm³/mol. The Morgan fingerprint density at radius 2 is 1.91 bits per heavy atom. The van der Waals surface area contributed by atoms with Crippen LogP contribution >= 0.6 is 23.2 Å². The molecule has 22 heavy (non-hydrogen) atoms. The summed E-state index contributed by atoms with van der Waals surface area (Å²) in [5, 5.41) is 6.08. The molecule has 6 heteroatoms. The van der Waals surface area contributed by atoms with E-state index < -0.39 is 0 Å².